The number of alkyl halides is 3. The van der Waals surface area contributed by atoms with E-state index >= 15 is 0 Å². The van der Waals surface area contributed by atoms with Gasteiger partial charge < -0.3 is 14.8 Å². The number of rotatable bonds is 4. The van der Waals surface area contributed by atoms with Gasteiger partial charge in [0.15, 0.2) is 11.5 Å². The maximum Gasteiger partial charge on any atom is 0.418 e. The molecule has 4 nitrogen and oxygen atoms in total. The molecule has 0 aliphatic carbocycles. The minimum Gasteiger partial charge on any atom is -0.493 e. The van der Waals surface area contributed by atoms with Crippen molar-refractivity contribution in [2.75, 3.05) is 19.5 Å². The summed E-state index contributed by atoms with van der Waals surface area (Å²) in [5, 5.41) is 2.27. The largest absolute Gasteiger partial charge is 0.493 e. The van der Waals surface area contributed by atoms with Crippen molar-refractivity contribution in [3.8, 4) is 11.5 Å². The number of benzene rings is 2. The Morgan fingerprint density at radius 2 is 1.65 bits per heavy atom. The molecule has 0 unspecified atom stereocenters. The predicted octanol–water partition coefficient (Wildman–Crippen LogP) is 3.97. The highest BCUT2D eigenvalue weighted by Crippen LogP contribution is 2.35. The van der Waals surface area contributed by atoms with E-state index in [1.807, 2.05) is 0 Å². The van der Waals surface area contributed by atoms with E-state index in [0.29, 0.717) is 11.5 Å². The fraction of sp³-hybridized carbons (Fsp3) is 0.188. The first-order valence-electron chi connectivity index (χ1n) is 6.56. The lowest BCUT2D eigenvalue weighted by molar-refractivity contribution is -0.136. The van der Waals surface area contributed by atoms with Gasteiger partial charge in [-0.25, -0.2) is 0 Å². The van der Waals surface area contributed by atoms with Gasteiger partial charge in [-0.15, -0.1) is 0 Å². The Hall–Kier alpha value is -2.70. The Morgan fingerprint density at radius 3 is 2.26 bits per heavy atom. The van der Waals surface area contributed by atoms with Crippen molar-refractivity contribution in [1.82, 2.24) is 0 Å². The van der Waals surface area contributed by atoms with Crippen LogP contribution in [0, 0.1) is 0 Å². The molecule has 23 heavy (non-hydrogen) atoms. The molecule has 122 valence electrons. The second-order valence-corrected chi connectivity index (χ2v) is 4.57. The van der Waals surface area contributed by atoms with Gasteiger partial charge >= 0.3 is 6.18 Å². The van der Waals surface area contributed by atoms with Crippen LogP contribution in [-0.4, -0.2) is 20.1 Å². The van der Waals surface area contributed by atoms with Gasteiger partial charge in [0.25, 0.3) is 5.91 Å². The lowest BCUT2D eigenvalue weighted by Crippen LogP contribution is -2.16. The number of carbonyl (C=O) groups is 1. The predicted molar refractivity (Wildman–Crippen MR) is 78.9 cm³/mol. The number of anilines is 1. The molecule has 7 heteroatoms. The first kappa shape index (κ1) is 16.7. The van der Waals surface area contributed by atoms with Crippen LogP contribution in [0.5, 0.6) is 11.5 Å². The molecule has 0 spiro atoms. The Kier molecular flexibility index (Phi) is 4.78. The monoisotopic (exact) mass is 325 g/mol. The topological polar surface area (TPSA) is 47.6 Å². The van der Waals surface area contributed by atoms with Crippen molar-refractivity contribution >= 4 is 11.6 Å². The van der Waals surface area contributed by atoms with Crippen LogP contribution in [0.3, 0.4) is 0 Å². The van der Waals surface area contributed by atoms with Gasteiger partial charge in [-0.3, -0.25) is 4.79 Å². The molecule has 0 heterocycles. The van der Waals surface area contributed by atoms with Gasteiger partial charge in [-0.05, 0) is 30.3 Å². The summed E-state index contributed by atoms with van der Waals surface area (Å²) in [5.41, 5.74) is -1.06. The highest BCUT2D eigenvalue weighted by molar-refractivity contribution is 6.05. The van der Waals surface area contributed by atoms with Gasteiger partial charge in [0.2, 0.25) is 0 Å². The summed E-state index contributed by atoms with van der Waals surface area (Å²) in [7, 11) is 2.84. The average molecular weight is 325 g/mol. The van der Waals surface area contributed by atoms with Crippen molar-refractivity contribution in [2.45, 2.75) is 6.18 Å². The maximum absolute atomic E-state index is 12.9. The van der Waals surface area contributed by atoms with Crippen molar-refractivity contribution in [1.29, 1.82) is 0 Å². The summed E-state index contributed by atoms with van der Waals surface area (Å²) in [5.74, 6) is 0.0478. The van der Waals surface area contributed by atoms with E-state index in [9.17, 15) is 18.0 Å². The number of para-hydroxylation sites is 1. The lowest BCUT2D eigenvalue weighted by atomic mass is 10.1. The Morgan fingerprint density at radius 1 is 1.00 bits per heavy atom. The minimum atomic E-state index is -4.55. The smallest absolute Gasteiger partial charge is 0.418 e. The number of nitrogens with one attached hydrogen (secondary N) is 1. The fourth-order valence-corrected chi connectivity index (χ4v) is 2.01. The van der Waals surface area contributed by atoms with Crippen LogP contribution in [0.4, 0.5) is 18.9 Å². The van der Waals surface area contributed by atoms with Crippen LogP contribution in [0.25, 0.3) is 0 Å². The average Bonchev–Trinajstić information content (AvgIpc) is 2.53. The zero-order valence-electron chi connectivity index (χ0n) is 12.4. The second-order valence-electron chi connectivity index (χ2n) is 4.57. The first-order valence-corrected chi connectivity index (χ1v) is 6.56. The van der Waals surface area contributed by atoms with E-state index in [4.69, 9.17) is 9.47 Å². The zero-order chi connectivity index (χ0) is 17.0. The SMILES string of the molecule is COc1ccc(C(=O)Nc2ccccc2C(F)(F)F)cc1OC. The third-order valence-electron chi connectivity index (χ3n) is 3.13. The van der Waals surface area contributed by atoms with Crippen LogP contribution in [-0.2, 0) is 6.18 Å². The third-order valence-corrected chi connectivity index (χ3v) is 3.13. The highest BCUT2D eigenvalue weighted by Gasteiger charge is 2.33. The van der Waals surface area contributed by atoms with E-state index in [0.717, 1.165) is 6.07 Å². The van der Waals surface area contributed by atoms with E-state index in [1.54, 1.807) is 0 Å². The summed E-state index contributed by atoms with van der Waals surface area (Å²) in [4.78, 5) is 12.2. The van der Waals surface area contributed by atoms with Crippen LogP contribution < -0.4 is 14.8 Å². The maximum atomic E-state index is 12.9. The van der Waals surface area contributed by atoms with Gasteiger partial charge in [0, 0.05) is 5.56 Å². The number of methoxy groups -OCH3 is 2. The van der Waals surface area contributed by atoms with E-state index in [2.05, 4.69) is 5.32 Å². The summed E-state index contributed by atoms with van der Waals surface area (Å²) in [6.45, 7) is 0. The normalized spacial score (nSPS) is 11.0. The van der Waals surface area contributed by atoms with Gasteiger partial charge in [-0.1, -0.05) is 12.1 Å². The molecule has 0 saturated carbocycles. The van der Waals surface area contributed by atoms with E-state index < -0.39 is 17.6 Å². The number of amides is 1. The molecule has 0 bridgehead atoms. The molecule has 1 N–H and O–H groups in total. The van der Waals surface area contributed by atoms with Gasteiger partial charge in [-0.2, -0.15) is 13.2 Å². The van der Waals surface area contributed by atoms with Crippen LogP contribution in [0.15, 0.2) is 42.5 Å². The van der Waals surface area contributed by atoms with Crippen molar-refractivity contribution in [3.05, 3.63) is 53.6 Å². The number of hydrogen-bond acceptors (Lipinski definition) is 3. The number of carbonyl (C=O) groups excluding carboxylic acids is 1. The van der Waals surface area contributed by atoms with Crippen molar-refractivity contribution in [3.63, 3.8) is 0 Å². The molecule has 2 rings (SSSR count). The number of ether oxygens (including phenoxy) is 2. The second kappa shape index (κ2) is 6.60. The molecule has 1 amide bonds. The molecular weight excluding hydrogens is 311 g/mol. The van der Waals surface area contributed by atoms with Gasteiger partial charge in [0.05, 0.1) is 25.5 Å². The number of halogens is 3. The summed E-state index contributed by atoms with van der Waals surface area (Å²) in [6.07, 6.45) is -4.55. The van der Waals surface area contributed by atoms with Crippen LogP contribution in [0.2, 0.25) is 0 Å². The Bertz CT molecular complexity index is 714. The van der Waals surface area contributed by atoms with E-state index in [1.165, 1.54) is 50.6 Å². The van der Waals surface area contributed by atoms with Crippen LogP contribution >= 0.6 is 0 Å². The molecule has 2 aromatic carbocycles. The molecule has 0 saturated heterocycles. The molecule has 0 radical (unpaired) electrons. The Balaban J connectivity index is 2.30. The quantitative estimate of drug-likeness (QED) is 0.925. The molecule has 2 aromatic rings. The Labute approximate surface area is 130 Å². The summed E-state index contributed by atoms with van der Waals surface area (Å²) in [6, 6.07) is 9.11. The lowest BCUT2D eigenvalue weighted by Gasteiger charge is -2.14. The molecule has 0 aromatic heterocycles. The van der Waals surface area contributed by atoms with Crippen molar-refractivity contribution in [2.24, 2.45) is 0 Å². The molecule has 0 atom stereocenters. The molecule has 0 fully saturated rings. The fourth-order valence-electron chi connectivity index (χ4n) is 2.01. The summed E-state index contributed by atoms with van der Waals surface area (Å²) >= 11 is 0. The molecule has 0 aliphatic rings. The van der Waals surface area contributed by atoms with Crippen molar-refractivity contribution < 1.29 is 27.4 Å². The summed E-state index contributed by atoms with van der Waals surface area (Å²) < 4.78 is 48.9. The molecular formula is C16H14F3NO3. The standard InChI is InChI=1S/C16H14F3NO3/c1-22-13-8-7-10(9-14(13)23-2)15(21)20-12-6-4-3-5-11(12)16(17,18)19/h3-9H,1-2H3,(H,20,21). The third kappa shape index (κ3) is 3.74. The minimum absolute atomic E-state index is 0.152. The highest BCUT2D eigenvalue weighted by atomic mass is 19.4. The first-order chi connectivity index (χ1) is 10.9. The molecule has 0 aliphatic heterocycles. The zero-order valence-corrected chi connectivity index (χ0v) is 12.4. The van der Waals surface area contributed by atoms with Gasteiger partial charge in [0.1, 0.15) is 0 Å². The van der Waals surface area contributed by atoms with E-state index in [-0.39, 0.29) is 11.3 Å². The van der Waals surface area contributed by atoms with Crippen LogP contribution in [0.1, 0.15) is 15.9 Å². The number of hydrogen-bond donors (Lipinski definition) is 1.